The predicted octanol–water partition coefficient (Wildman–Crippen LogP) is 2.95. The maximum atomic E-state index is 9.39. The first-order valence-electron chi connectivity index (χ1n) is 7.74. The highest BCUT2D eigenvalue weighted by Crippen LogP contribution is 2.33. The molecule has 0 saturated carbocycles. The largest absolute Gasteiger partial charge is 0.508 e. The van der Waals surface area contributed by atoms with Gasteiger partial charge in [0.05, 0.1) is 10.9 Å². The summed E-state index contributed by atoms with van der Waals surface area (Å²) >= 11 is 1.43. The van der Waals surface area contributed by atoms with Crippen LogP contribution in [-0.4, -0.2) is 35.5 Å². The van der Waals surface area contributed by atoms with Gasteiger partial charge in [0.1, 0.15) is 5.75 Å². The normalized spacial score (nSPS) is 12.4. The Bertz CT molecular complexity index is 785. The maximum absolute atomic E-state index is 9.39. The van der Waals surface area contributed by atoms with E-state index in [0.29, 0.717) is 11.0 Å². The zero-order valence-corrected chi connectivity index (χ0v) is 14.3. The highest BCUT2D eigenvalue weighted by Gasteiger charge is 2.19. The quantitative estimate of drug-likeness (QED) is 0.651. The van der Waals surface area contributed by atoms with Crippen LogP contribution >= 0.6 is 11.8 Å². The van der Waals surface area contributed by atoms with Crippen molar-refractivity contribution in [2.24, 2.45) is 0 Å². The van der Waals surface area contributed by atoms with Crippen LogP contribution < -0.4 is 0 Å². The lowest BCUT2D eigenvalue weighted by molar-refractivity contribution is 0.374. The van der Waals surface area contributed by atoms with Gasteiger partial charge in [-0.05, 0) is 48.0 Å². The molecule has 1 unspecified atom stereocenters. The van der Waals surface area contributed by atoms with Gasteiger partial charge < -0.3 is 9.63 Å². The number of tetrazole rings is 1. The molecule has 1 atom stereocenters. The smallest absolute Gasteiger partial charge is 0.239 e. The van der Waals surface area contributed by atoms with E-state index in [1.165, 1.54) is 11.8 Å². The second kappa shape index (κ2) is 7.43. The fourth-order valence-electron chi connectivity index (χ4n) is 2.09. The number of phenols is 1. The number of rotatable bonds is 7. The number of nitrogens with zero attached hydrogens (tertiary/aromatic N) is 6. The molecule has 0 aliphatic rings. The summed E-state index contributed by atoms with van der Waals surface area (Å²) in [6.45, 7) is 4.10. The first-order valence-corrected chi connectivity index (χ1v) is 8.62. The minimum atomic E-state index is -0.0743. The fourth-order valence-corrected chi connectivity index (χ4v) is 2.92. The second-order valence-electron chi connectivity index (χ2n) is 5.30. The Labute approximate surface area is 143 Å². The first kappa shape index (κ1) is 16.4. The Morgan fingerprint density at radius 2 is 2.08 bits per heavy atom. The van der Waals surface area contributed by atoms with Gasteiger partial charge >= 0.3 is 0 Å². The van der Waals surface area contributed by atoms with Crippen molar-refractivity contribution >= 4 is 11.8 Å². The zero-order valence-electron chi connectivity index (χ0n) is 13.5. The van der Waals surface area contributed by atoms with Gasteiger partial charge in [-0.15, -0.1) is 5.10 Å². The Balaban J connectivity index is 1.73. The summed E-state index contributed by atoms with van der Waals surface area (Å²) in [5.41, 5.74) is 0.765. The Hall–Kier alpha value is -2.42. The Kier molecular flexibility index (Phi) is 5.09. The van der Waals surface area contributed by atoms with Crippen LogP contribution in [-0.2, 0) is 6.42 Å². The third-order valence-electron chi connectivity index (χ3n) is 3.40. The number of phenolic OH excluding ortho intramolecular Hbond substituents is 1. The number of aromatic nitrogens is 6. The van der Waals surface area contributed by atoms with Crippen LogP contribution in [0.5, 0.6) is 5.75 Å². The summed E-state index contributed by atoms with van der Waals surface area (Å²) in [6.07, 6.45) is 2.96. The van der Waals surface area contributed by atoms with E-state index in [9.17, 15) is 5.11 Å². The molecule has 0 bridgehead atoms. The Morgan fingerprint density at radius 3 is 2.83 bits per heavy atom. The molecule has 0 fully saturated rings. The van der Waals surface area contributed by atoms with Crippen molar-refractivity contribution in [2.75, 3.05) is 0 Å². The maximum Gasteiger partial charge on any atom is 0.239 e. The van der Waals surface area contributed by atoms with Crippen LogP contribution in [0.4, 0.5) is 0 Å². The van der Waals surface area contributed by atoms with E-state index in [2.05, 4.69) is 32.6 Å². The highest BCUT2D eigenvalue weighted by molar-refractivity contribution is 7.99. The minimum Gasteiger partial charge on any atom is -0.508 e. The molecule has 0 aliphatic carbocycles. The van der Waals surface area contributed by atoms with E-state index in [1.54, 1.807) is 28.9 Å². The van der Waals surface area contributed by atoms with Gasteiger partial charge in [0.15, 0.2) is 5.82 Å². The molecular formula is C15H18N6O2S. The molecule has 3 aromatic rings. The van der Waals surface area contributed by atoms with E-state index in [1.807, 2.05) is 6.92 Å². The number of aryl methyl sites for hydroxylation is 1. The standard InChI is InChI=1S/C15H18N6O2S/c1-3-4-5-13-16-14(23-18-13)10(2)24-15-17-19-20-21(15)11-6-8-12(22)9-7-11/h6-10,22H,3-5H2,1-2H3. The molecule has 1 aromatic carbocycles. The van der Waals surface area contributed by atoms with Crippen molar-refractivity contribution in [3.63, 3.8) is 0 Å². The fraction of sp³-hybridized carbons (Fsp3) is 0.400. The third-order valence-corrected chi connectivity index (χ3v) is 4.42. The van der Waals surface area contributed by atoms with E-state index in [-0.39, 0.29) is 11.0 Å². The summed E-state index contributed by atoms with van der Waals surface area (Å²) in [7, 11) is 0. The third kappa shape index (κ3) is 3.73. The Morgan fingerprint density at radius 1 is 1.29 bits per heavy atom. The van der Waals surface area contributed by atoms with Crippen LogP contribution in [0.2, 0.25) is 0 Å². The van der Waals surface area contributed by atoms with Gasteiger partial charge in [-0.25, -0.2) is 0 Å². The van der Waals surface area contributed by atoms with Crippen molar-refractivity contribution in [3.05, 3.63) is 36.0 Å². The SMILES string of the molecule is CCCCc1noc(C(C)Sc2nnnn2-c2ccc(O)cc2)n1. The van der Waals surface area contributed by atoms with Gasteiger partial charge in [-0.3, -0.25) is 0 Å². The number of thioether (sulfide) groups is 1. The molecule has 0 amide bonds. The molecule has 24 heavy (non-hydrogen) atoms. The van der Waals surface area contributed by atoms with Gasteiger partial charge in [-0.2, -0.15) is 9.67 Å². The van der Waals surface area contributed by atoms with Crippen molar-refractivity contribution in [2.45, 2.75) is 43.5 Å². The molecule has 1 N–H and O–H groups in total. The van der Waals surface area contributed by atoms with Crippen molar-refractivity contribution in [1.82, 2.24) is 30.3 Å². The monoisotopic (exact) mass is 346 g/mol. The molecule has 0 aliphatic heterocycles. The van der Waals surface area contributed by atoms with Crippen molar-refractivity contribution in [1.29, 1.82) is 0 Å². The van der Waals surface area contributed by atoms with E-state index >= 15 is 0 Å². The lowest BCUT2D eigenvalue weighted by Gasteiger charge is -2.07. The lowest BCUT2D eigenvalue weighted by atomic mass is 10.2. The molecule has 0 radical (unpaired) electrons. The molecule has 9 heteroatoms. The number of unbranched alkanes of at least 4 members (excludes halogenated alkanes) is 1. The van der Waals surface area contributed by atoms with Crippen LogP contribution in [0.3, 0.4) is 0 Å². The molecule has 0 saturated heterocycles. The first-order chi connectivity index (χ1) is 11.7. The molecule has 126 valence electrons. The molecule has 2 heterocycles. The summed E-state index contributed by atoms with van der Waals surface area (Å²) < 4.78 is 6.95. The molecule has 0 spiro atoms. The molecule has 8 nitrogen and oxygen atoms in total. The summed E-state index contributed by atoms with van der Waals surface area (Å²) in [4.78, 5) is 4.43. The van der Waals surface area contributed by atoms with E-state index in [4.69, 9.17) is 4.52 Å². The van der Waals surface area contributed by atoms with Crippen LogP contribution in [0.1, 0.15) is 43.7 Å². The van der Waals surface area contributed by atoms with Crippen molar-refractivity contribution < 1.29 is 9.63 Å². The average Bonchev–Trinajstić information content (AvgIpc) is 3.23. The van der Waals surface area contributed by atoms with Gasteiger partial charge in [0.25, 0.3) is 0 Å². The summed E-state index contributed by atoms with van der Waals surface area (Å²) in [5, 5.41) is 25.7. The second-order valence-corrected chi connectivity index (χ2v) is 6.61. The highest BCUT2D eigenvalue weighted by atomic mass is 32.2. The predicted molar refractivity (Wildman–Crippen MR) is 88.0 cm³/mol. The average molecular weight is 346 g/mol. The van der Waals surface area contributed by atoms with Crippen LogP contribution in [0.15, 0.2) is 33.9 Å². The van der Waals surface area contributed by atoms with Crippen LogP contribution in [0.25, 0.3) is 5.69 Å². The number of benzene rings is 1. The number of hydrogen-bond acceptors (Lipinski definition) is 8. The van der Waals surface area contributed by atoms with Gasteiger partial charge in [-0.1, -0.05) is 30.3 Å². The van der Waals surface area contributed by atoms with E-state index in [0.717, 1.165) is 30.8 Å². The van der Waals surface area contributed by atoms with Crippen LogP contribution in [0, 0.1) is 0 Å². The molecule has 2 aromatic heterocycles. The van der Waals surface area contributed by atoms with Crippen molar-refractivity contribution in [3.8, 4) is 11.4 Å². The molecule has 3 rings (SSSR count). The zero-order chi connectivity index (χ0) is 16.9. The number of aromatic hydroxyl groups is 1. The van der Waals surface area contributed by atoms with E-state index < -0.39 is 0 Å². The lowest BCUT2D eigenvalue weighted by Crippen LogP contribution is -2.00. The number of hydrogen-bond donors (Lipinski definition) is 1. The van der Waals surface area contributed by atoms with Gasteiger partial charge in [0, 0.05) is 6.42 Å². The molecular weight excluding hydrogens is 328 g/mol. The summed E-state index contributed by atoms with van der Waals surface area (Å²) in [5.74, 6) is 1.49. The summed E-state index contributed by atoms with van der Waals surface area (Å²) in [6, 6.07) is 6.67. The minimum absolute atomic E-state index is 0.0743. The van der Waals surface area contributed by atoms with Gasteiger partial charge in [0.2, 0.25) is 11.0 Å². The topological polar surface area (TPSA) is 103 Å².